The van der Waals surface area contributed by atoms with Gasteiger partial charge < -0.3 is 9.84 Å². The minimum atomic E-state index is -4.39. The largest absolute Gasteiger partial charge is 0.497 e. The van der Waals surface area contributed by atoms with Crippen molar-refractivity contribution in [2.75, 3.05) is 7.11 Å². The van der Waals surface area contributed by atoms with Gasteiger partial charge in [0.1, 0.15) is 5.75 Å². The fraction of sp³-hybridized carbons (Fsp3) is 0.333. The molecule has 0 saturated carbocycles. The monoisotopic (exact) mass is 232 g/mol. The Morgan fingerprint density at radius 3 is 2.27 bits per heavy atom. The van der Waals surface area contributed by atoms with Gasteiger partial charge >= 0.3 is 0 Å². The highest BCUT2D eigenvalue weighted by atomic mass is 32.2. The lowest BCUT2D eigenvalue weighted by Gasteiger charge is -2.07. The molecule has 0 aliphatic heterocycles. The molecule has 5 nitrogen and oxygen atoms in total. The van der Waals surface area contributed by atoms with Crippen LogP contribution >= 0.6 is 0 Å². The van der Waals surface area contributed by atoms with Crippen molar-refractivity contribution < 1.29 is 22.8 Å². The third-order valence-electron chi connectivity index (χ3n) is 1.91. The smallest absolute Gasteiger partial charge is 0.292 e. The second-order valence-electron chi connectivity index (χ2n) is 3.02. The zero-order valence-corrected chi connectivity index (χ0v) is 8.94. The summed E-state index contributed by atoms with van der Waals surface area (Å²) in [7, 11) is -2.88. The average molecular weight is 232 g/mol. The molecule has 0 heterocycles. The number of ether oxygens (including phenoxy) is 1. The SMILES string of the molecule is COc1ccc(C[C@H](O)S(=O)(=O)O)cc1. The van der Waals surface area contributed by atoms with Crippen molar-refractivity contribution in [2.24, 2.45) is 0 Å². The van der Waals surface area contributed by atoms with Gasteiger partial charge in [0.05, 0.1) is 7.11 Å². The van der Waals surface area contributed by atoms with E-state index in [-0.39, 0.29) is 6.42 Å². The summed E-state index contributed by atoms with van der Waals surface area (Å²) in [5, 5.41) is 9.10. The van der Waals surface area contributed by atoms with E-state index in [0.29, 0.717) is 11.3 Å². The molecule has 0 fully saturated rings. The molecule has 0 radical (unpaired) electrons. The predicted molar refractivity (Wildman–Crippen MR) is 54.3 cm³/mol. The maximum atomic E-state index is 10.5. The van der Waals surface area contributed by atoms with Crippen molar-refractivity contribution in [2.45, 2.75) is 11.9 Å². The molecule has 0 aromatic heterocycles. The standard InChI is InChI=1S/C9H12O5S/c1-14-8-4-2-7(3-5-8)6-9(10)15(11,12)13/h2-5,9-10H,6H2,1H3,(H,11,12,13)/t9-/m1/s1. The zero-order chi connectivity index (χ0) is 11.5. The Labute approximate surface area is 88.1 Å². The molecule has 0 aliphatic rings. The van der Waals surface area contributed by atoms with Crippen LogP contribution in [0.5, 0.6) is 5.75 Å². The molecular weight excluding hydrogens is 220 g/mol. The molecule has 0 bridgehead atoms. The summed E-state index contributed by atoms with van der Waals surface area (Å²) in [5.41, 5.74) is -1.19. The second kappa shape index (κ2) is 4.61. The highest BCUT2D eigenvalue weighted by Crippen LogP contribution is 2.13. The molecule has 0 aliphatic carbocycles. The maximum Gasteiger partial charge on any atom is 0.292 e. The van der Waals surface area contributed by atoms with E-state index in [2.05, 4.69) is 0 Å². The average Bonchev–Trinajstić information content (AvgIpc) is 2.17. The van der Waals surface area contributed by atoms with Gasteiger partial charge in [-0.25, -0.2) is 0 Å². The lowest BCUT2D eigenvalue weighted by atomic mass is 10.1. The molecule has 1 aromatic rings. The Balaban J connectivity index is 2.74. The predicted octanol–water partition coefficient (Wildman–Crippen LogP) is 0.444. The fourth-order valence-corrected chi connectivity index (χ4v) is 1.47. The normalized spacial score (nSPS) is 13.5. The van der Waals surface area contributed by atoms with Crippen LogP contribution in [-0.2, 0) is 16.5 Å². The summed E-state index contributed by atoms with van der Waals surface area (Å²) < 4.78 is 34.5. The molecule has 1 aromatic carbocycles. The zero-order valence-electron chi connectivity index (χ0n) is 8.12. The lowest BCUT2D eigenvalue weighted by Crippen LogP contribution is -2.22. The summed E-state index contributed by atoms with van der Waals surface area (Å²) in [5.74, 6) is 0.639. The first-order chi connectivity index (χ1) is 6.93. The van der Waals surface area contributed by atoms with Crippen LogP contribution < -0.4 is 4.74 Å². The Hall–Kier alpha value is -1.11. The number of aliphatic hydroxyl groups is 1. The first-order valence-electron chi connectivity index (χ1n) is 4.21. The number of rotatable bonds is 4. The molecule has 0 amide bonds. The maximum absolute atomic E-state index is 10.5. The van der Waals surface area contributed by atoms with Crippen molar-refractivity contribution >= 4 is 10.1 Å². The Bertz CT molecular complexity index is 409. The quantitative estimate of drug-likeness (QED) is 0.736. The van der Waals surface area contributed by atoms with E-state index in [4.69, 9.17) is 14.4 Å². The third-order valence-corrected chi connectivity index (χ3v) is 2.77. The highest BCUT2D eigenvalue weighted by Gasteiger charge is 2.19. The van der Waals surface area contributed by atoms with Crippen LogP contribution in [0.25, 0.3) is 0 Å². The van der Waals surface area contributed by atoms with Gasteiger partial charge in [-0.3, -0.25) is 4.55 Å². The van der Waals surface area contributed by atoms with Gasteiger partial charge in [0.2, 0.25) is 0 Å². The minimum Gasteiger partial charge on any atom is -0.497 e. The molecule has 0 unspecified atom stereocenters. The van der Waals surface area contributed by atoms with E-state index < -0.39 is 15.6 Å². The lowest BCUT2D eigenvalue weighted by molar-refractivity contribution is 0.233. The topological polar surface area (TPSA) is 83.8 Å². The van der Waals surface area contributed by atoms with Crippen LogP contribution in [0.4, 0.5) is 0 Å². The Kier molecular flexibility index (Phi) is 3.67. The number of benzene rings is 1. The first-order valence-corrected chi connectivity index (χ1v) is 5.71. The molecule has 6 heteroatoms. The molecular formula is C9H12O5S. The molecule has 1 atom stereocenters. The molecule has 0 spiro atoms. The molecule has 84 valence electrons. The van der Waals surface area contributed by atoms with Gasteiger partial charge in [0.15, 0.2) is 5.44 Å². The number of methoxy groups -OCH3 is 1. The Morgan fingerprint density at radius 2 is 1.87 bits per heavy atom. The first kappa shape index (κ1) is 12.0. The number of hydrogen-bond donors (Lipinski definition) is 2. The third kappa shape index (κ3) is 3.50. The van der Waals surface area contributed by atoms with Crippen molar-refractivity contribution in [3.63, 3.8) is 0 Å². The number of hydrogen-bond acceptors (Lipinski definition) is 4. The van der Waals surface area contributed by atoms with Crippen molar-refractivity contribution in [3.8, 4) is 5.75 Å². The number of aliphatic hydroxyl groups excluding tert-OH is 1. The summed E-state index contributed by atoms with van der Waals surface area (Å²) in [4.78, 5) is 0. The summed E-state index contributed by atoms with van der Waals surface area (Å²) in [6, 6.07) is 6.53. The van der Waals surface area contributed by atoms with E-state index in [1.807, 2.05) is 0 Å². The van der Waals surface area contributed by atoms with Gasteiger partial charge in [-0.05, 0) is 17.7 Å². The van der Waals surface area contributed by atoms with E-state index in [0.717, 1.165) is 0 Å². The van der Waals surface area contributed by atoms with Crippen molar-refractivity contribution in [1.29, 1.82) is 0 Å². The summed E-state index contributed by atoms with van der Waals surface area (Å²) in [6.45, 7) is 0. The van der Waals surface area contributed by atoms with Gasteiger partial charge in [-0.15, -0.1) is 0 Å². The van der Waals surface area contributed by atoms with Crippen LogP contribution in [0, 0.1) is 0 Å². The van der Waals surface area contributed by atoms with Gasteiger partial charge in [0.25, 0.3) is 10.1 Å². The Morgan fingerprint density at radius 1 is 1.33 bits per heavy atom. The van der Waals surface area contributed by atoms with Gasteiger partial charge in [0, 0.05) is 6.42 Å². The van der Waals surface area contributed by atoms with Gasteiger partial charge in [-0.2, -0.15) is 8.42 Å². The van der Waals surface area contributed by atoms with Crippen LogP contribution in [0.2, 0.25) is 0 Å². The van der Waals surface area contributed by atoms with Crippen LogP contribution in [0.3, 0.4) is 0 Å². The summed E-state index contributed by atoms with van der Waals surface area (Å²) in [6.07, 6.45) is -0.150. The van der Waals surface area contributed by atoms with E-state index in [9.17, 15) is 8.42 Å². The fourth-order valence-electron chi connectivity index (χ4n) is 1.07. The van der Waals surface area contributed by atoms with E-state index >= 15 is 0 Å². The van der Waals surface area contributed by atoms with Crippen molar-refractivity contribution in [1.82, 2.24) is 0 Å². The molecule has 2 N–H and O–H groups in total. The van der Waals surface area contributed by atoms with Crippen LogP contribution in [0.15, 0.2) is 24.3 Å². The molecule has 0 saturated heterocycles. The summed E-state index contributed by atoms with van der Waals surface area (Å²) >= 11 is 0. The molecule has 15 heavy (non-hydrogen) atoms. The second-order valence-corrected chi connectivity index (χ2v) is 4.60. The minimum absolute atomic E-state index is 0.150. The van der Waals surface area contributed by atoms with Crippen LogP contribution in [-0.4, -0.2) is 30.6 Å². The van der Waals surface area contributed by atoms with Gasteiger partial charge in [-0.1, -0.05) is 12.1 Å². The van der Waals surface area contributed by atoms with Crippen LogP contribution in [0.1, 0.15) is 5.56 Å². The van der Waals surface area contributed by atoms with E-state index in [1.54, 1.807) is 24.3 Å². The highest BCUT2D eigenvalue weighted by molar-refractivity contribution is 7.86. The van der Waals surface area contributed by atoms with E-state index in [1.165, 1.54) is 7.11 Å². The van der Waals surface area contributed by atoms with Crippen molar-refractivity contribution in [3.05, 3.63) is 29.8 Å². The molecule has 1 rings (SSSR count).